The molecule has 0 atom stereocenters. The molecule has 130 valence electrons. The Morgan fingerprint density at radius 2 is 1.30 bits per heavy atom. The average molecular weight is 336 g/mol. The van der Waals surface area contributed by atoms with Gasteiger partial charge in [0.2, 0.25) is 5.52 Å². The van der Waals surface area contributed by atoms with Crippen molar-refractivity contribution in [3.63, 3.8) is 0 Å². The van der Waals surface area contributed by atoms with Crippen LogP contribution in [0.25, 0.3) is 0 Å². The van der Waals surface area contributed by atoms with Gasteiger partial charge in [-0.1, -0.05) is 57.2 Å². The Balaban J connectivity index is 3.10. The van der Waals surface area contributed by atoms with Crippen molar-refractivity contribution in [3.05, 3.63) is 34.4 Å². The number of aryl methyl sites for hydroxylation is 3. The van der Waals surface area contributed by atoms with E-state index in [1.165, 1.54) is 0 Å². The van der Waals surface area contributed by atoms with E-state index in [9.17, 15) is 9.36 Å². The van der Waals surface area contributed by atoms with Crippen LogP contribution < -0.4 is 0 Å². The summed E-state index contributed by atoms with van der Waals surface area (Å²) in [6.07, 6.45) is 7.24. The van der Waals surface area contributed by atoms with Gasteiger partial charge in [0, 0.05) is 17.9 Å². The van der Waals surface area contributed by atoms with Crippen molar-refractivity contribution in [1.82, 2.24) is 0 Å². The molecule has 0 aliphatic rings. The fourth-order valence-electron chi connectivity index (χ4n) is 3.27. The van der Waals surface area contributed by atoms with E-state index in [1.807, 2.05) is 32.9 Å². The summed E-state index contributed by atoms with van der Waals surface area (Å²) in [6, 6.07) is 4.06. The number of carbonyl (C=O) groups excluding carboxylic acids is 1. The Morgan fingerprint density at radius 1 is 0.870 bits per heavy atom. The fourth-order valence-corrected chi connectivity index (χ4v) is 6.13. The topological polar surface area (TPSA) is 34.1 Å². The van der Waals surface area contributed by atoms with Crippen LogP contribution in [-0.2, 0) is 4.57 Å². The number of carbonyl (C=O) groups is 1. The van der Waals surface area contributed by atoms with E-state index in [0.717, 1.165) is 55.2 Å². The van der Waals surface area contributed by atoms with Gasteiger partial charge in [0.15, 0.2) is 7.14 Å². The van der Waals surface area contributed by atoms with Gasteiger partial charge in [0.1, 0.15) is 0 Å². The highest BCUT2D eigenvalue weighted by atomic mass is 31.2. The van der Waals surface area contributed by atoms with Crippen molar-refractivity contribution in [2.75, 3.05) is 12.3 Å². The van der Waals surface area contributed by atoms with Crippen LogP contribution in [0.1, 0.15) is 79.4 Å². The molecule has 0 amide bonds. The first kappa shape index (κ1) is 20.2. The predicted octanol–water partition coefficient (Wildman–Crippen LogP) is 6.50. The van der Waals surface area contributed by atoms with E-state index in [0.29, 0.717) is 17.9 Å². The molecule has 0 unspecified atom stereocenters. The van der Waals surface area contributed by atoms with Crippen LogP contribution in [0.5, 0.6) is 0 Å². The Kier molecular flexibility index (Phi) is 8.26. The SMILES string of the molecule is CCCCCP(=O)(CCCCC)C(=O)c1c(C)cc(C)cc1C. The zero-order valence-corrected chi connectivity index (χ0v) is 16.5. The van der Waals surface area contributed by atoms with Gasteiger partial charge in [-0.05, 0) is 44.7 Å². The molecule has 0 heterocycles. The lowest BCUT2D eigenvalue weighted by molar-refractivity contribution is 0.107. The molecular weight excluding hydrogens is 303 g/mol. The summed E-state index contributed by atoms with van der Waals surface area (Å²) in [6.45, 7) is 10.2. The summed E-state index contributed by atoms with van der Waals surface area (Å²) in [5.74, 6) is 0. The number of unbranched alkanes of at least 4 members (excludes halogenated alkanes) is 4. The van der Waals surface area contributed by atoms with Crippen LogP contribution >= 0.6 is 7.14 Å². The second-order valence-corrected chi connectivity index (χ2v) is 9.91. The third-order valence-electron chi connectivity index (χ3n) is 4.51. The highest BCUT2D eigenvalue weighted by Crippen LogP contribution is 2.51. The first-order valence-electron chi connectivity index (χ1n) is 9.06. The Morgan fingerprint density at radius 3 is 1.70 bits per heavy atom. The van der Waals surface area contributed by atoms with Gasteiger partial charge < -0.3 is 4.57 Å². The highest BCUT2D eigenvalue weighted by Gasteiger charge is 2.33. The number of benzene rings is 1. The molecule has 23 heavy (non-hydrogen) atoms. The molecule has 0 saturated heterocycles. The molecule has 0 spiro atoms. The Hall–Kier alpha value is -0.880. The molecule has 2 nitrogen and oxygen atoms in total. The van der Waals surface area contributed by atoms with E-state index in [2.05, 4.69) is 13.8 Å². The minimum absolute atomic E-state index is 0.0697. The van der Waals surface area contributed by atoms with Gasteiger partial charge in [-0.3, -0.25) is 4.79 Å². The minimum atomic E-state index is -2.80. The van der Waals surface area contributed by atoms with E-state index < -0.39 is 7.14 Å². The van der Waals surface area contributed by atoms with Crippen LogP contribution in [0.4, 0.5) is 0 Å². The van der Waals surface area contributed by atoms with Crippen LogP contribution in [0.2, 0.25) is 0 Å². The van der Waals surface area contributed by atoms with Gasteiger partial charge in [-0.25, -0.2) is 0 Å². The van der Waals surface area contributed by atoms with Gasteiger partial charge in [-0.15, -0.1) is 0 Å². The van der Waals surface area contributed by atoms with E-state index in [4.69, 9.17) is 0 Å². The second kappa shape index (κ2) is 9.42. The molecule has 0 saturated carbocycles. The van der Waals surface area contributed by atoms with Crippen LogP contribution in [0.3, 0.4) is 0 Å². The number of hydrogen-bond acceptors (Lipinski definition) is 2. The summed E-state index contributed by atoms with van der Waals surface area (Å²) >= 11 is 0. The lowest BCUT2D eigenvalue weighted by atomic mass is 10.0. The van der Waals surface area contributed by atoms with Gasteiger partial charge >= 0.3 is 0 Å². The van der Waals surface area contributed by atoms with Crippen LogP contribution in [0.15, 0.2) is 12.1 Å². The monoisotopic (exact) mass is 336 g/mol. The molecular formula is C20H33O2P. The van der Waals surface area contributed by atoms with Crippen molar-refractivity contribution >= 4 is 12.7 Å². The van der Waals surface area contributed by atoms with Crippen LogP contribution in [-0.4, -0.2) is 17.8 Å². The maximum atomic E-state index is 13.5. The van der Waals surface area contributed by atoms with E-state index >= 15 is 0 Å². The predicted molar refractivity (Wildman–Crippen MR) is 101 cm³/mol. The quantitative estimate of drug-likeness (QED) is 0.361. The smallest absolute Gasteiger partial charge is 0.221 e. The standard InChI is InChI=1S/C20H33O2P/c1-6-8-10-12-23(22,13-11-9-7-2)20(21)19-17(4)14-16(3)15-18(19)5/h14-15H,6-13H2,1-5H3. The third-order valence-corrected chi connectivity index (χ3v) is 7.55. The minimum Gasteiger partial charge on any atom is -0.315 e. The van der Waals surface area contributed by atoms with Gasteiger partial charge in [0.05, 0.1) is 0 Å². The lowest BCUT2D eigenvalue weighted by Crippen LogP contribution is -2.11. The van der Waals surface area contributed by atoms with Crippen LogP contribution in [0, 0.1) is 20.8 Å². The fraction of sp³-hybridized carbons (Fsp3) is 0.650. The van der Waals surface area contributed by atoms with E-state index in [-0.39, 0.29) is 5.52 Å². The van der Waals surface area contributed by atoms with Gasteiger partial charge in [-0.2, -0.15) is 0 Å². The Bertz CT molecular complexity index is 538. The maximum Gasteiger partial charge on any atom is 0.221 e. The Labute approximate surface area is 142 Å². The summed E-state index contributed by atoms with van der Waals surface area (Å²) in [5, 5.41) is 0. The van der Waals surface area contributed by atoms with Crippen molar-refractivity contribution in [2.24, 2.45) is 0 Å². The summed E-state index contributed by atoms with van der Waals surface area (Å²) < 4.78 is 13.5. The largest absolute Gasteiger partial charge is 0.315 e. The molecule has 0 aliphatic carbocycles. The summed E-state index contributed by atoms with van der Waals surface area (Å²) in [4.78, 5) is 13.1. The van der Waals surface area contributed by atoms with Crippen molar-refractivity contribution in [2.45, 2.75) is 73.1 Å². The zero-order chi connectivity index (χ0) is 17.5. The van der Waals surface area contributed by atoms with Crippen molar-refractivity contribution in [1.29, 1.82) is 0 Å². The number of hydrogen-bond donors (Lipinski definition) is 0. The average Bonchev–Trinajstić information content (AvgIpc) is 2.46. The maximum absolute atomic E-state index is 13.5. The molecule has 0 aliphatic heterocycles. The molecule has 1 aromatic carbocycles. The molecule has 1 rings (SSSR count). The lowest BCUT2D eigenvalue weighted by Gasteiger charge is -2.20. The normalized spacial score (nSPS) is 11.7. The molecule has 0 N–H and O–H groups in total. The van der Waals surface area contributed by atoms with Crippen molar-refractivity contribution in [3.8, 4) is 0 Å². The molecule has 1 aromatic rings. The summed E-state index contributed by atoms with van der Waals surface area (Å²) in [5.41, 5.74) is 3.74. The molecule has 0 fully saturated rings. The zero-order valence-electron chi connectivity index (χ0n) is 15.6. The third kappa shape index (κ3) is 5.60. The summed E-state index contributed by atoms with van der Waals surface area (Å²) in [7, 11) is -2.80. The molecule has 0 bridgehead atoms. The molecule has 0 aromatic heterocycles. The van der Waals surface area contributed by atoms with E-state index in [1.54, 1.807) is 0 Å². The number of rotatable bonds is 10. The second-order valence-electron chi connectivity index (χ2n) is 6.83. The van der Waals surface area contributed by atoms with Gasteiger partial charge in [0.25, 0.3) is 0 Å². The molecule has 0 radical (unpaired) electrons. The first-order valence-corrected chi connectivity index (χ1v) is 11.1. The highest BCUT2D eigenvalue weighted by molar-refractivity contribution is 7.81. The molecule has 3 heteroatoms. The first-order chi connectivity index (χ1) is 10.9. The van der Waals surface area contributed by atoms with Crippen molar-refractivity contribution < 1.29 is 9.36 Å².